The molecule has 0 bridgehead atoms. The number of ether oxygens (including phenoxy) is 1. The van der Waals surface area contributed by atoms with Gasteiger partial charge in [-0.15, -0.1) is 0 Å². The number of hydrogen-bond donors (Lipinski definition) is 1. The first-order valence-electron chi connectivity index (χ1n) is 8.95. The number of alkyl halides is 2. The van der Waals surface area contributed by atoms with E-state index in [9.17, 15) is 9.59 Å². The summed E-state index contributed by atoms with van der Waals surface area (Å²) in [5.74, 6) is 0.474. The summed E-state index contributed by atoms with van der Waals surface area (Å²) in [6.07, 6.45) is 2.03. The van der Waals surface area contributed by atoms with E-state index in [1.165, 1.54) is 0 Å². The number of carbonyl (C=O) groups is 2. The lowest BCUT2D eigenvalue weighted by Gasteiger charge is -2.39. The maximum Gasteiger partial charge on any atom is 0.290 e. The lowest BCUT2D eigenvalue weighted by Crippen LogP contribution is -2.53. The topological polar surface area (TPSA) is 61.9 Å². The minimum absolute atomic E-state index is 0.000894. The van der Waals surface area contributed by atoms with Gasteiger partial charge in [-0.05, 0) is 90.9 Å². The number of rotatable bonds is 3. The monoisotopic (exact) mass is 835 g/mol. The summed E-state index contributed by atoms with van der Waals surface area (Å²) in [5, 5.41) is 3.48. The Kier molecular flexibility index (Phi) is 7.67. The van der Waals surface area contributed by atoms with Gasteiger partial charge in [-0.2, -0.15) is 0 Å². The molecule has 0 saturated carbocycles. The van der Waals surface area contributed by atoms with E-state index >= 15 is 0 Å². The highest BCUT2D eigenvalue weighted by atomic mass is 127. The fourth-order valence-electron chi connectivity index (χ4n) is 3.48. The Morgan fingerprint density at radius 3 is 2.64 bits per heavy atom. The first kappa shape index (κ1) is 23.5. The van der Waals surface area contributed by atoms with Gasteiger partial charge < -0.3 is 15.0 Å². The lowest BCUT2D eigenvalue weighted by atomic mass is 10.0. The van der Waals surface area contributed by atoms with Gasteiger partial charge >= 0.3 is 0 Å². The quantitative estimate of drug-likeness (QED) is 0.205. The number of fused-ring (bicyclic) bond motifs is 1. The molecule has 2 amide bonds. The van der Waals surface area contributed by atoms with Gasteiger partial charge in [0.2, 0.25) is 3.61 Å². The minimum Gasteiger partial charge on any atom is -0.465 e. The molecule has 3 rings (SSSR count). The van der Waals surface area contributed by atoms with Crippen LogP contribution in [0.4, 0.5) is 5.69 Å². The summed E-state index contributed by atoms with van der Waals surface area (Å²) >= 11 is 8.59. The predicted molar refractivity (Wildman–Crippen MR) is 144 cm³/mol. The molecule has 0 radical (unpaired) electrons. The molecule has 3 atom stereocenters. The van der Waals surface area contributed by atoms with Crippen molar-refractivity contribution in [2.24, 2.45) is 0 Å². The predicted octanol–water partition coefficient (Wildman–Crippen LogP) is 4.88. The number of nitrogens with one attached hydrogen (secondary N) is 1. The molecule has 1 fully saturated rings. The fourth-order valence-corrected chi connectivity index (χ4v) is 6.54. The second kappa shape index (κ2) is 9.14. The van der Waals surface area contributed by atoms with Crippen molar-refractivity contribution in [3.8, 4) is 5.75 Å². The molecule has 10 heteroatoms. The Hall–Kier alpha value is 0.840. The van der Waals surface area contributed by atoms with Crippen LogP contribution in [-0.2, 0) is 4.79 Å². The molecule has 2 heterocycles. The molecule has 0 spiro atoms. The third kappa shape index (κ3) is 4.69. The van der Waals surface area contributed by atoms with E-state index in [2.05, 4.69) is 64.3 Å². The first-order chi connectivity index (χ1) is 13.0. The van der Waals surface area contributed by atoms with Crippen molar-refractivity contribution in [3.05, 3.63) is 21.3 Å². The van der Waals surface area contributed by atoms with Gasteiger partial charge in [0.15, 0.2) is 0 Å². The Labute approximate surface area is 220 Å². The summed E-state index contributed by atoms with van der Waals surface area (Å²) in [6, 6.07) is 3.90. The van der Waals surface area contributed by atoms with Gasteiger partial charge in [0.05, 0.1) is 38.2 Å². The fraction of sp³-hybridized carbons (Fsp3) is 0.556. The maximum absolute atomic E-state index is 13.5. The van der Waals surface area contributed by atoms with Gasteiger partial charge in [0.1, 0.15) is 5.75 Å². The number of carbonyl (C=O) groups excluding carboxylic acids is 2. The average molecular weight is 835 g/mol. The van der Waals surface area contributed by atoms with Crippen LogP contribution in [0.15, 0.2) is 12.1 Å². The number of piperidine rings is 1. The second-order valence-corrected chi connectivity index (χ2v) is 13.0. The zero-order valence-corrected chi connectivity index (χ0v) is 24.3. The Bertz CT molecular complexity index is 795. The van der Waals surface area contributed by atoms with Crippen molar-refractivity contribution in [2.45, 2.75) is 53.4 Å². The summed E-state index contributed by atoms with van der Waals surface area (Å²) in [4.78, 5) is 28.1. The Morgan fingerprint density at radius 1 is 1.39 bits per heavy atom. The molecule has 1 N–H and O–H groups in total. The smallest absolute Gasteiger partial charge is 0.290 e. The summed E-state index contributed by atoms with van der Waals surface area (Å²) in [6.45, 7) is 6.65. The molecule has 1 saturated heterocycles. The van der Waals surface area contributed by atoms with Crippen LogP contribution < -0.4 is 13.2 Å². The van der Waals surface area contributed by atoms with E-state index in [1.807, 2.05) is 56.4 Å². The zero-order valence-electron chi connectivity index (χ0n) is 15.6. The molecule has 3 unspecified atom stereocenters. The van der Waals surface area contributed by atoms with Crippen molar-refractivity contribution in [1.29, 1.82) is 0 Å². The number of hydrogen-bond acceptors (Lipinski definition) is 4. The van der Waals surface area contributed by atoms with Gasteiger partial charge in [0.25, 0.3) is 11.8 Å². The highest BCUT2D eigenvalue weighted by molar-refractivity contribution is 14.1. The van der Waals surface area contributed by atoms with E-state index in [1.54, 1.807) is 16.1 Å². The van der Waals surface area contributed by atoms with Gasteiger partial charge in [0, 0.05) is 22.2 Å². The van der Waals surface area contributed by atoms with Gasteiger partial charge in [-0.25, -0.2) is 3.11 Å². The zero-order chi connectivity index (χ0) is 20.8. The summed E-state index contributed by atoms with van der Waals surface area (Å²) < 4.78 is 7.79. The highest BCUT2D eigenvalue weighted by Crippen LogP contribution is 2.44. The third-order valence-electron chi connectivity index (χ3n) is 4.87. The SMILES string of the molecule is CC(C)N(C(=O)c1cc2c(cc1I)OC(C)(I)C(=O)N2I)C1CCC(I)NC1. The first-order valence-corrected chi connectivity index (χ1v) is 13.3. The highest BCUT2D eigenvalue weighted by Gasteiger charge is 2.43. The molecule has 0 aliphatic carbocycles. The van der Waals surface area contributed by atoms with Crippen LogP contribution in [0.2, 0.25) is 0 Å². The summed E-state index contributed by atoms with van der Waals surface area (Å²) in [7, 11) is 0. The van der Waals surface area contributed by atoms with E-state index in [0.717, 1.165) is 23.0 Å². The van der Waals surface area contributed by atoms with Crippen LogP contribution in [0.1, 0.15) is 44.0 Å². The van der Waals surface area contributed by atoms with Crippen molar-refractivity contribution >= 4 is 108 Å². The molecule has 0 aromatic heterocycles. The van der Waals surface area contributed by atoms with Gasteiger partial charge in [-0.1, -0.05) is 22.6 Å². The van der Waals surface area contributed by atoms with Crippen LogP contribution >= 0.6 is 90.6 Å². The van der Waals surface area contributed by atoms with E-state index in [0.29, 0.717) is 21.0 Å². The Morgan fingerprint density at radius 2 is 2.07 bits per heavy atom. The van der Waals surface area contributed by atoms with Crippen LogP contribution in [-0.4, -0.2) is 43.0 Å². The number of anilines is 1. The van der Waals surface area contributed by atoms with Crippen LogP contribution in [0.3, 0.4) is 0 Å². The molecule has 28 heavy (non-hydrogen) atoms. The molecule has 1 aromatic carbocycles. The third-order valence-corrected chi connectivity index (χ3v) is 8.46. The Balaban J connectivity index is 1.96. The van der Waals surface area contributed by atoms with Crippen LogP contribution in [0.5, 0.6) is 5.75 Å². The van der Waals surface area contributed by atoms with E-state index in [-0.39, 0.29) is 23.9 Å². The maximum atomic E-state index is 13.5. The number of halogens is 4. The van der Waals surface area contributed by atoms with Crippen molar-refractivity contribution in [2.75, 3.05) is 9.66 Å². The van der Waals surface area contributed by atoms with Crippen LogP contribution in [0.25, 0.3) is 0 Å². The number of benzene rings is 1. The van der Waals surface area contributed by atoms with Gasteiger partial charge in [-0.3, -0.25) is 9.59 Å². The summed E-state index contributed by atoms with van der Waals surface area (Å²) in [5.41, 5.74) is 1.24. The average Bonchev–Trinajstić information content (AvgIpc) is 2.60. The molecule has 2 aliphatic rings. The molecule has 1 aromatic rings. The molecule has 6 nitrogen and oxygen atoms in total. The van der Waals surface area contributed by atoms with E-state index in [4.69, 9.17) is 4.74 Å². The number of amides is 2. The molecule has 2 aliphatic heterocycles. The lowest BCUT2D eigenvalue weighted by molar-refractivity contribution is -0.124. The minimum atomic E-state index is -0.950. The normalized spacial score (nSPS) is 27.4. The van der Waals surface area contributed by atoms with Crippen LogP contribution in [0, 0.1) is 3.57 Å². The van der Waals surface area contributed by atoms with Crippen molar-refractivity contribution in [3.63, 3.8) is 0 Å². The number of nitrogens with zero attached hydrogens (tertiary/aromatic N) is 2. The van der Waals surface area contributed by atoms with Crippen molar-refractivity contribution < 1.29 is 14.3 Å². The standard InChI is InChI=1S/C18H21I4N3O3/c1-9(2)24(10-4-5-15(20)23-8-10)16(26)11-6-13-14(7-12(11)19)28-18(3,21)17(27)25(13)22/h6-7,9-10,15,23H,4-5,8H2,1-3H3. The van der Waals surface area contributed by atoms with E-state index < -0.39 is 3.61 Å². The molecular weight excluding hydrogens is 814 g/mol. The molecular formula is C18H21I4N3O3. The van der Waals surface area contributed by atoms with Crippen molar-refractivity contribution in [1.82, 2.24) is 10.2 Å². The molecule has 154 valence electrons. The second-order valence-electron chi connectivity index (χ2n) is 7.32. The largest absolute Gasteiger partial charge is 0.465 e.